The number of rotatable bonds is 5. The fraction of sp³-hybridized carbons (Fsp3) is 0.643. The van der Waals surface area contributed by atoms with E-state index < -0.39 is 0 Å². The van der Waals surface area contributed by atoms with Crippen molar-refractivity contribution in [3.8, 4) is 5.75 Å². The third-order valence-corrected chi connectivity index (χ3v) is 3.55. The largest absolute Gasteiger partial charge is 0.506 e. The van der Waals surface area contributed by atoms with Gasteiger partial charge in [-0.25, -0.2) is 0 Å². The van der Waals surface area contributed by atoms with Gasteiger partial charge in [-0.15, -0.1) is 0 Å². The fourth-order valence-corrected chi connectivity index (χ4v) is 2.34. The van der Waals surface area contributed by atoms with Crippen LogP contribution in [0.5, 0.6) is 5.75 Å². The Hall–Kier alpha value is -1.17. The summed E-state index contributed by atoms with van der Waals surface area (Å²) in [6.45, 7) is 3.77. The molecule has 0 bridgehead atoms. The van der Waals surface area contributed by atoms with Gasteiger partial charge in [0.25, 0.3) is 0 Å². The molecule has 3 N–H and O–H groups in total. The summed E-state index contributed by atoms with van der Waals surface area (Å²) in [7, 11) is 0. The summed E-state index contributed by atoms with van der Waals surface area (Å²) in [4.78, 5) is 4.05. The topological polar surface area (TPSA) is 74.6 Å². The molecule has 2 heterocycles. The minimum atomic E-state index is -0.113. The average molecular weight is 266 g/mol. The zero-order valence-electron chi connectivity index (χ0n) is 11.4. The Balaban J connectivity index is 1.92. The van der Waals surface area contributed by atoms with E-state index in [2.05, 4.69) is 10.3 Å². The molecule has 1 aliphatic rings. The lowest BCUT2D eigenvalue weighted by Gasteiger charge is -2.23. The summed E-state index contributed by atoms with van der Waals surface area (Å²) < 4.78 is 5.64. The fourth-order valence-electron chi connectivity index (χ4n) is 2.34. The number of aromatic nitrogens is 1. The molecule has 1 aromatic heterocycles. The van der Waals surface area contributed by atoms with Crippen LogP contribution in [0.15, 0.2) is 6.20 Å². The highest BCUT2D eigenvalue weighted by Crippen LogP contribution is 2.23. The normalized spacial score (nSPS) is 19.6. The SMILES string of the molecule is Cc1ncc(CO)c(CNCC2CCCCO2)c1O. The number of aromatic hydroxyl groups is 1. The van der Waals surface area contributed by atoms with Crippen LogP contribution >= 0.6 is 0 Å². The number of aryl methyl sites for hydroxylation is 1. The zero-order chi connectivity index (χ0) is 13.7. The predicted octanol–water partition coefficient (Wildman–Crippen LogP) is 1.25. The molecule has 19 heavy (non-hydrogen) atoms. The smallest absolute Gasteiger partial charge is 0.141 e. The minimum Gasteiger partial charge on any atom is -0.506 e. The van der Waals surface area contributed by atoms with Gasteiger partial charge < -0.3 is 20.3 Å². The summed E-state index contributed by atoms with van der Waals surface area (Å²) in [5.41, 5.74) is 1.98. The van der Waals surface area contributed by atoms with Crippen molar-refractivity contribution in [3.63, 3.8) is 0 Å². The van der Waals surface area contributed by atoms with Gasteiger partial charge in [-0.1, -0.05) is 0 Å². The third-order valence-electron chi connectivity index (χ3n) is 3.55. The Bertz CT molecular complexity index is 417. The summed E-state index contributed by atoms with van der Waals surface area (Å²) in [6, 6.07) is 0. The molecule has 0 aromatic carbocycles. The van der Waals surface area contributed by atoms with E-state index in [1.807, 2.05) is 0 Å². The van der Waals surface area contributed by atoms with Crippen molar-refractivity contribution in [2.24, 2.45) is 0 Å². The monoisotopic (exact) mass is 266 g/mol. The van der Waals surface area contributed by atoms with E-state index in [9.17, 15) is 10.2 Å². The molecule has 1 aromatic rings. The number of ether oxygens (including phenoxy) is 1. The number of aliphatic hydroxyl groups excluding tert-OH is 1. The Morgan fingerprint density at radius 1 is 1.47 bits per heavy atom. The van der Waals surface area contributed by atoms with E-state index in [0.717, 1.165) is 31.6 Å². The van der Waals surface area contributed by atoms with E-state index in [-0.39, 0.29) is 18.5 Å². The van der Waals surface area contributed by atoms with E-state index >= 15 is 0 Å². The van der Waals surface area contributed by atoms with Crippen molar-refractivity contribution in [3.05, 3.63) is 23.0 Å². The highest BCUT2D eigenvalue weighted by molar-refractivity contribution is 5.40. The molecule has 1 saturated heterocycles. The van der Waals surface area contributed by atoms with Crippen molar-refractivity contribution >= 4 is 0 Å². The lowest BCUT2D eigenvalue weighted by molar-refractivity contribution is 0.0167. The maximum Gasteiger partial charge on any atom is 0.141 e. The van der Waals surface area contributed by atoms with Gasteiger partial charge in [0.2, 0.25) is 0 Å². The molecular formula is C14H22N2O3. The number of aliphatic hydroxyl groups is 1. The summed E-state index contributed by atoms with van der Waals surface area (Å²) in [6.07, 6.45) is 5.32. The van der Waals surface area contributed by atoms with E-state index in [4.69, 9.17) is 4.74 Å². The molecule has 0 spiro atoms. The quantitative estimate of drug-likeness (QED) is 0.748. The molecule has 1 atom stereocenters. The maximum atomic E-state index is 10.0. The molecular weight excluding hydrogens is 244 g/mol. The molecule has 0 saturated carbocycles. The summed E-state index contributed by atoms with van der Waals surface area (Å²) in [5.74, 6) is 0.170. The number of hydrogen-bond donors (Lipinski definition) is 3. The van der Waals surface area contributed by atoms with Gasteiger partial charge in [-0.05, 0) is 26.2 Å². The number of nitrogens with one attached hydrogen (secondary N) is 1. The van der Waals surface area contributed by atoms with Gasteiger partial charge in [-0.3, -0.25) is 4.98 Å². The van der Waals surface area contributed by atoms with Gasteiger partial charge in [0, 0.05) is 37.0 Å². The molecule has 1 aliphatic heterocycles. The Morgan fingerprint density at radius 2 is 2.32 bits per heavy atom. The van der Waals surface area contributed by atoms with Crippen LogP contribution in [0.1, 0.15) is 36.1 Å². The molecule has 0 radical (unpaired) electrons. The summed E-state index contributed by atoms with van der Waals surface area (Å²) in [5, 5.41) is 22.6. The van der Waals surface area contributed by atoms with Gasteiger partial charge >= 0.3 is 0 Å². The molecule has 1 unspecified atom stereocenters. The van der Waals surface area contributed by atoms with Crippen LogP contribution in [0.4, 0.5) is 0 Å². The highest BCUT2D eigenvalue weighted by atomic mass is 16.5. The second-order valence-corrected chi connectivity index (χ2v) is 4.97. The van der Waals surface area contributed by atoms with Crippen LogP contribution < -0.4 is 5.32 Å². The molecule has 5 heteroatoms. The number of pyridine rings is 1. The molecule has 2 rings (SSSR count). The lowest BCUT2D eigenvalue weighted by atomic mass is 10.1. The van der Waals surface area contributed by atoms with Crippen LogP contribution in [0, 0.1) is 6.92 Å². The first-order valence-corrected chi connectivity index (χ1v) is 6.82. The van der Waals surface area contributed by atoms with Crippen LogP contribution in [0.3, 0.4) is 0 Å². The van der Waals surface area contributed by atoms with Gasteiger partial charge in [-0.2, -0.15) is 0 Å². The second-order valence-electron chi connectivity index (χ2n) is 4.97. The van der Waals surface area contributed by atoms with Crippen molar-refractivity contribution in [1.29, 1.82) is 0 Å². The van der Waals surface area contributed by atoms with E-state index in [0.29, 0.717) is 17.8 Å². The van der Waals surface area contributed by atoms with Crippen molar-refractivity contribution < 1.29 is 14.9 Å². The minimum absolute atomic E-state index is 0.113. The first-order chi connectivity index (χ1) is 9.22. The third kappa shape index (κ3) is 3.65. The molecule has 0 amide bonds. The van der Waals surface area contributed by atoms with Crippen molar-refractivity contribution in [2.75, 3.05) is 13.2 Å². The van der Waals surface area contributed by atoms with Gasteiger partial charge in [0.05, 0.1) is 18.4 Å². The summed E-state index contributed by atoms with van der Waals surface area (Å²) >= 11 is 0. The van der Waals surface area contributed by atoms with Crippen LogP contribution in [0.25, 0.3) is 0 Å². The lowest BCUT2D eigenvalue weighted by Crippen LogP contribution is -2.31. The highest BCUT2D eigenvalue weighted by Gasteiger charge is 2.15. The second kappa shape index (κ2) is 6.84. The van der Waals surface area contributed by atoms with Crippen LogP contribution in [-0.4, -0.2) is 34.5 Å². The van der Waals surface area contributed by atoms with Crippen LogP contribution in [0.2, 0.25) is 0 Å². The average Bonchev–Trinajstić information content (AvgIpc) is 2.45. The van der Waals surface area contributed by atoms with Crippen molar-refractivity contribution in [2.45, 2.75) is 45.4 Å². The zero-order valence-corrected chi connectivity index (χ0v) is 11.4. The number of nitrogens with zero attached hydrogens (tertiary/aromatic N) is 1. The first kappa shape index (κ1) is 14.2. The van der Waals surface area contributed by atoms with Gasteiger partial charge in [0.15, 0.2) is 0 Å². The Morgan fingerprint density at radius 3 is 3.00 bits per heavy atom. The predicted molar refractivity (Wildman–Crippen MR) is 71.9 cm³/mol. The van der Waals surface area contributed by atoms with E-state index in [1.165, 1.54) is 6.42 Å². The molecule has 106 valence electrons. The van der Waals surface area contributed by atoms with Crippen molar-refractivity contribution in [1.82, 2.24) is 10.3 Å². The van der Waals surface area contributed by atoms with Gasteiger partial charge in [0.1, 0.15) is 5.75 Å². The number of hydrogen-bond acceptors (Lipinski definition) is 5. The standard InChI is InChI=1S/C14H22N2O3/c1-10-14(18)13(11(9-17)6-16-10)8-15-7-12-4-2-3-5-19-12/h6,12,15,17-18H,2-5,7-9H2,1H3. The van der Waals surface area contributed by atoms with E-state index in [1.54, 1.807) is 13.1 Å². The molecule has 0 aliphatic carbocycles. The Kier molecular flexibility index (Phi) is 5.13. The maximum absolute atomic E-state index is 10.0. The molecule has 5 nitrogen and oxygen atoms in total. The van der Waals surface area contributed by atoms with Crippen LogP contribution in [-0.2, 0) is 17.9 Å². The first-order valence-electron chi connectivity index (χ1n) is 6.82. The molecule has 1 fully saturated rings. The Labute approximate surface area is 113 Å².